The normalized spacial score (nSPS) is 11.4. The van der Waals surface area contributed by atoms with Crippen LogP contribution in [-0.2, 0) is 17.9 Å². The lowest BCUT2D eigenvalue weighted by molar-refractivity contribution is 0.102. The van der Waals surface area contributed by atoms with E-state index in [0.29, 0.717) is 42.5 Å². The van der Waals surface area contributed by atoms with Gasteiger partial charge in [0.1, 0.15) is 23.7 Å². The van der Waals surface area contributed by atoms with Crippen LogP contribution in [0.1, 0.15) is 35.8 Å². The molecule has 0 radical (unpaired) electrons. The fourth-order valence-corrected chi connectivity index (χ4v) is 4.12. The van der Waals surface area contributed by atoms with Crippen LogP contribution in [0.4, 0.5) is 10.2 Å². The number of nitrogens with zero attached hydrogens (tertiary/aromatic N) is 5. The average molecular weight is 499 g/mol. The zero-order valence-electron chi connectivity index (χ0n) is 20.6. The fourth-order valence-electron chi connectivity index (χ4n) is 4.12. The molecule has 0 aliphatic heterocycles. The summed E-state index contributed by atoms with van der Waals surface area (Å²) in [5.41, 5.74) is 2.35. The molecule has 3 aromatic heterocycles. The number of carbonyl (C=O) groups excluding carboxylic acids is 1. The van der Waals surface area contributed by atoms with Crippen LogP contribution in [0.5, 0.6) is 0 Å². The first-order chi connectivity index (χ1) is 18.0. The van der Waals surface area contributed by atoms with E-state index in [9.17, 15) is 9.18 Å². The number of amides is 1. The number of carbonyl (C=O) groups is 1. The molecule has 8 nitrogen and oxygen atoms in total. The van der Waals surface area contributed by atoms with E-state index < -0.39 is 11.7 Å². The number of anilines is 1. The molecule has 0 bridgehead atoms. The van der Waals surface area contributed by atoms with Gasteiger partial charge in [-0.25, -0.2) is 9.37 Å². The first kappa shape index (κ1) is 24.3. The zero-order chi connectivity index (χ0) is 25.8. The van der Waals surface area contributed by atoms with Gasteiger partial charge in [-0.3, -0.25) is 4.79 Å². The molecule has 188 valence electrons. The Morgan fingerprint density at radius 1 is 1.08 bits per heavy atom. The van der Waals surface area contributed by atoms with Gasteiger partial charge in [0.05, 0.1) is 18.8 Å². The fraction of sp³-hybridized carbons (Fsp3) is 0.214. The SMILES string of the molecule is CC(C)n1cnnc1-c1cccc(NC(=O)c2cc3c(ccn3CCOCc3ccccc3)cc2F)n1. The number of aromatic nitrogens is 5. The van der Waals surface area contributed by atoms with Gasteiger partial charge in [-0.1, -0.05) is 36.4 Å². The minimum absolute atomic E-state index is 0.0600. The molecule has 3 heterocycles. The molecule has 0 aliphatic rings. The van der Waals surface area contributed by atoms with Crippen LogP contribution in [-0.4, -0.2) is 36.8 Å². The van der Waals surface area contributed by atoms with Gasteiger partial charge in [0.15, 0.2) is 5.82 Å². The summed E-state index contributed by atoms with van der Waals surface area (Å²) in [6, 6.07) is 20.1. The molecule has 2 aromatic carbocycles. The molecule has 0 atom stereocenters. The van der Waals surface area contributed by atoms with E-state index in [4.69, 9.17) is 4.74 Å². The highest BCUT2D eigenvalue weighted by Gasteiger charge is 2.17. The summed E-state index contributed by atoms with van der Waals surface area (Å²) in [4.78, 5) is 17.5. The molecule has 1 amide bonds. The summed E-state index contributed by atoms with van der Waals surface area (Å²) in [5, 5.41) is 11.5. The maximum atomic E-state index is 14.9. The van der Waals surface area contributed by atoms with Crippen molar-refractivity contribution in [3.8, 4) is 11.5 Å². The summed E-state index contributed by atoms with van der Waals surface area (Å²) >= 11 is 0. The summed E-state index contributed by atoms with van der Waals surface area (Å²) < 4.78 is 24.5. The lowest BCUT2D eigenvalue weighted by atomic mass is 10.1. The van der Waals surface area contributed by atoms with Crippen molar-refractivity contribution in [3.63, 3.8) is 0 Å². The summed E-state index contributed by atoms with van der Waals surface area (Å²) in [7, 11) is 0. The number of rotatable bonds is 9. The smallest absolute Gasteiger partial charge is 0.259 e. The predicted octanol–water partition coefficient (Wildman–Crippen LogP) is 5.48. The highest BCUT2D eigenvalue weighted by atomic mass is 19.1. The third kappa shape index (κ3) is 5.41. The van der Waals surface area contributed by atoms with Gasteiger partial charge < -0.3 is 19.2 Å². The first-order valence-corrected chi connectivity index (χ1v) is 12.1. The van der Waals surface area contributed by atoms with Crippen molar-refractivity contribution in [2.24, 2.45) is 0 Å². The maximum absolute atomic E-state index is 14.9. The van der Waals surface area contributed by atoms with E-state index in [1.807, 2.05) is 65.6 Å². The molecule has 37 heavy (non-hydrogen) atoms. The second-order valence-corrected chi connectivity index (χ2v) is 8.96. The quantitative estimate of drug-likeness (QED) is 0.272. The Balaban J connectivity index is 1.31. The van der Waals surface area contributed by atoms with Crippen molar-refractivity contribution in [1.82, 2.24) is 24.3 Å². The van der Waals surface area contributed by atoms with Gasteiger partial charge in [0.25, 0.3) is 5.91 Å². The van der Waals surface area contributed by atoms with Crippen LogP contribution >= 0.6 is 0 Å². The number of halogens is 1. The van der Waals surface area contributed by atoms with E-state index in [1.165, 1.54) is 6.07 Å². The topological polar surface area (TPSA) is 86.9 Å². The van der Waals surface area contributed by atoms with Crippen molar-refractivity contribution < 1.29 is 13.9 Å². The maximum Gasteiger partial charge on any atom is 0.259 e. The molecule has 5 aromatic rings. The van der Waals surface area contributed by atoms with E-state index >= 15 is 0 Å². The lowest BCUT2D eigenvalue weighted by Crippen LogP contribution is -2.15. The Morgan fingerprint density at radius 2 is 1.92 bits per heavy atom. The lowest BCUT2D eigenvalue weighted by Gasteiger charge is -2.11. The van der Waals surface area contributed by atoms with E-state index in [-0.39, 0.29) is 11.6 Å². The van der Waals surface area contributed by atoms with Gasteiger partial charge in [-0.2, -0.15) is 0 Å². The number of nitrogens with one attached hydrogen (secondary N) is 1. The number of hydrogen-bond acceptors (Lipinski definition) is 5. The standard InChI is InChI=1S/C28H27FN6O2/c1-19(2)35-18-30-33-27(35)24-9-6-10-26(31-24)32-28(36)22-16-25-21(15-23(22)29)11-12-34(25)13-14-37-17-20-7-4-3-5-8-20/h3-12,15-16,18-19H,13-14,17H2,1-2H3,(H,31,32,36). The molecule has 0 saturated carbocycles. The minimum atomic E-state index is -0.598. The van der Waals surface area contributed by atoms with Crippen LogP contribution in [0.25, 0.3) is 22.4 Å². The van der Waals surface area contributed by atoms with Crippen molar-refractivity contribution in [1.29, 1.82) is 0 Å². The first-order valence-electron chi connectivity index (χ1n) is 12.1. The summed E-state index contributed by atoms with van der Waals surface area (Å²) in [5.74, 6) is -0.294. The van der Waals surface area contributed by atoms with E-state index in [1.54, 1.807) is 30.6 Å². The monoisotopic (exact) mass is 498 g/mol. The Hall–Kier alpha value is -4.37. The average Bonchev–Trinajstić information content (AvgIpc) is 3.54. The van der Waals surface area contributed by atoms with Gasteiger partial charge in [-0.05, 0) is 49.7 Å². The van der Waals surface area contributed by atoms with Crippen LogP contribution in [0.3, 0.4) is 0 Å². The molecule has 5 rings (SSSR count). The van der Waals surface area contributed by atoms with Crippen molar-refractivity contribution >= 4 is 22.6 Å². The molecular formula is C28H27FN6O2. The Bertz CT molecular complexity index is 1530. The molecule has 0 aliphatic carbocycles. The second-order valence-electron chi connectivity index (χ2n) is 8.96. The molecule has 0 unspecified atom stereocenters. The summed E-state index contributed by atoms with van der Waals surface area (Å²) in [6.45, 7) is 5.60. The van der Waals surface area contributed by atoms with Crippen LogP contribution in [0, 0.1) is 5.82 Å². The largest absolute Gasteiger partial charge is 0.375 e. The van der Waals surface area contributed by atoms with Crippen LogP contribution in [0.15, 0.2) is 79.3 Å². The third-order valence-corrected chi connectivity index (χ3v) is 6.04. The Morgan fingerprint density at radius 3 is 2.73 bits per heavy atom. The highest BCUT2D eigenvalue weighted by molar-refractivity contribution is 6.06. The van der Waals surface area contributed by atoms with Gasteiger partial charge >= 0.3 is 0 Å². The Labute approximate surface area is 213 Å². The second kappa shape index (κ2) is 10.7. The van der Waals surface area contributed by atoms with E-state index in [2.05, 4.69) is 20.5 Å². The Kier molecular flexibility index (Phi) is 7.04. The van der Waals surface area contributed by atoms with Crippen molar-refractivity contribution in [3.05, 3.63) is 96.2 Å². The molecule has 0 spiro atoms. The van der Waals surface area contributed by atoms with Crippen LogP contribution < -0.4 is 5.32 Å². The molecule has 1 N–H and O–H groups in total. The molecule has 0 saturated heterocycles. The van der Waals surface area contributed by atoms with E-state index in [0.717, 1.165) is 11.1 Å². The molecule has 0 fully saturated rings. The van der Waals surface area contributed by atoms with Gasteiger partial charge in [0, 0.05) is 29.7 Å². The third-order valence-electron chi connectivity index (χ3n) is 6.04. The van der Waals surface area contributed by atoms with Crippen LogP contribution in [0.2, 0.25) is 0 Å². The minimum Gasteiger partial charge on any atom is -0.375 e. The van der Waals surface area contributed by atoms with Crippen molar-refractivity contribution in [2.45, 2.75) is 33.0 Å². The zero-order valence-corrected chi connectivity index (χ0v) is 20.6. The molecule has 9 heteroatoms. The number of pyridine rings is 1. The number of ether oxygens (including phenoxy) is 1. The number of fused-ring (bicyclic) bond motifs is 1. The number of benzene rings is 2. The predicted molar refractivity (Wildman–Crippen MR) is 140 cm³/mol. The van der Waals surface area contributed by atoms with Gasteiger partial charge in [0.2, 0.25) is 0 Å². The highest BCUT2D eigenvalue weighted by Crippen LogP contribution is 2.23. The van der Waals surface area contributed by atoms with Gasteiger partial charge in [-0.15, -0.1) is 10.2 Å². The van der Waals surface area contributed by atoms with Crippen molar-refractivity contribution in [2.75, 3.05) is 11.9 Å². The molecular weight excluding hydrogens is 471 g/mol. The number of hydrogen-bond donors (Lipinski definition) is 1. The summed E-state index contributed by atoms with van der Waals surface area (Å²) in [6.07, 6.45) is 3.51.